The van der Waals surface area contributed by atoms with Crippen LogP contribution >= 0.6 is 11.8 Å². The Labute approximate surface area is 179 Å². The maximum absolute atomic E-state index is 12.6. The van der Waals surface area contributed by atoms with Crippen molar-refractivity contribution in [3.8, 4) is 0 Å². The predicted molar refractivity (Wildman–Crippen MR) is 119 cm³/mol. The predicted octanol–water partition coefficient (Wildman–Crippen LogP) is 2.64. The highest BCUT2D eigenvalue weighted by molar-refractivity contribution is 8.00. The molecule has 2 aliphatic rings. The van der Waals surface area contributed by atoms with Crippen LogP contribution in [0.4, 0.5) is 10.5 Å². The van der Waals surface area contributed by atoms with E-state index in [4.69, 9.17) is 0 Å². The van der Waals surface area contributed by atoms with E-state index in [-0.39, 0.29) is 35.6 Å². The standard InChI is InChI=1S/C21H27N5O3S/c1-12(2)26-11-22-15-8-7-13(9-14(15)20(26)28)23-18(27)6-4-3-5-17-19-16(10-30-17)24-21(29)25-19/h7-9,11-12,16-17,19H,3-6,10H2,1-2H3,(H,23,27)(H2,24,25,29)/t16-,17-,19-/m0/s1. The molecule has 3 heterocycles. The first-order valence-electron chi connectivity index (χ1n) is 10.4. The minimum Gasteiger partial charge on any atom is -0.332 e. The average Bonchev–Trinajstić information content (AvgIpc) is 3.25. The number of nitrogens with one attached hydrogen (secondary N) is 3. The second-order valence-electron chi connectivity index (χ2n) is 8.20. The highest BCUT2D eigenvalue weighted by Gasteiger charge is 2.42. The fourth-order valence-electron chi connectivity index (χ4n) is 4.08. The van der Waals surface area contributed by atoms with Crippen LogP contribution in [0.2, 0.25) is 0 Å². The third kappa shape index (κ3) is 4.30. The Hall–Kier alpha value is -2.55. The van der Waals surface area contributed by atoms with E-state index >= 15 is 0 Å². The topological polar surface area (TPSA) is 105 Å². The number of anilines is 1. The number of hydrogen-bond donors (Lipinski definition) is 3. The molecular formula is C21H27N5O3S. The van der Waals surface area contributed by atoms with Crippen LogP contribution in [0.15, 0.2) is 29.3 Å². The highest BCUT2D eigenvalue weighted by Crippen LogP contribution is 2.33. The van der Waals surface area contributed by atoms with Gasteiger partial charge in [0.1, 0.15) is 0 Å². The van der Waals surface area contributed by atoms with Gasteiger partial charge in [-0.25, -0.2) is 9.78 Å². The zero-order valence-corrected chi connectivity index (χ0v) is 18.0. The number of carbonyl (C=O) groups is 2. The van der Waals surface area contributed by atoms with Crippen LogP contribution in [0.1, 0.15) is 45.6 Å². The number of hydrogen-bond acceptors (Lipinski definition) is 5. The summed E-state index contributed by atoms with van der Waals surface area (Å²) in [4.78, 5) is 40.7. The Bertz CT molecular complexity index is 1020. The molecule has 1 aromatic heterocycles. The molecule has 2 aromatic rings. The molecule has 0 bridgehead atoms. The van der Waals surface area contributed by atoms with Crippen LogP contribution < -0.4 is 21.5 Å². The van der Waals surface area contributed by atoms with Crippen molar-refractivity contribution >= 4 is 40.3 Å². The lowest BCUT2D eigenvalue weighted by molar-refractivity contribution is -0.116. The SMILES string of the molecule is CC(C)n1cnc2ccc(NC(=O)CCCC[C@@H]3SC[C@@H]4NC(=O)N[C@@H]43)cc2c1=O. The lowest BCUT2D eigenvalue weighted by Gasteiger charge is -2.16. The largest absolute Gasteiger partial charge is 0.332 e. The smallest absolute Gasteiger partial charge is 0.315 e. The molecule has 8 nitrogen and oxygen atoms in total. The van der Waals surface area contributed by atoms with Gasteiger partial charge in [0.2, 0.25) is 5.91 Å². The van der Waals surface area contributed by atoms with Crippen molar-refractivity contribution in [1.29, 1.82) is 0 Å². The second kappa shape index (κ2) is 8.67. The molecule has 2 aliphatic heterocycles. The van der Waals surface area contributed by atoms with Gasteiger partial charge in [0.05, 0.1) is 29.3 Å². The molecule has 9 heteroatoms. The number of benzene rings is 1. The number of fused-ring (bicyclic) bond motifs is 2. The minimum absolute atomic E-state index is 0.0225. The zero-order chi connectivity index (χ0) is 21.3. The lowest BCUT2D eigenvalue weighted by atomic mass is 10.0. The van der Waals surface area contributed by atoms with Gasteiger partial charge in [0.25, 0.3) is 5.56 Å². The van der Waals surface area contributed by atoms with E-state index in [1.54, 1.807) is 29.1 Å². The number of rotatable bonds is 7. The molecule has 3 atom stereocenters. The van der Waals surface area contributed by atoms with E-state index in [0.717, 1.165) is 25.0 Å². The molecule has 160 valence electrons. The lowest BCUT2D eigenvalue weighted by Crippen LogP contribution is -2.36. The Kier molecular flexibility index (Phi) is 5.99. The van der Waals surface area contributed by atoms with E-state index < -0.39 is 0 Å². The fourth-order valence-corrected chi connectivity index (χ4v) is 5.62. The van der Waals surface area contributed by atoms with Crippen molar-refractivity contribution in [2.75, 3.05) is 11.1 Å². The maximum atomic E-state index is 12.6. The van der Waals surface area contributed by atoms with Gasteiger partial charge in [-0.3, -0.25) is 14.2 Å². The fraction of sp³-hybridized carbons (Fsp3) is 0.524. The highest BCUT2D eigenvalue weighted by atomic mass is 32.2. The van der Waals surface area contributed by atoms with Gasteiger partial charge in [-0.15, -0.1) is 0 Å². The van der Waals surface area contributed by atoms with Crippen molar-refractivity contribution in [2.24, 2.45) is 0 Å². The summed E-state index contributed by atoms with van der Waals surface area (Å²) >= 11 is 1.89. The summed E-state index contributed by atoms with van der Waals surface area (Å²) < 4.78 is 1.59. The number of aromatic nitrogens is 2. The van der Waals surface area contributed by atoms with Crippen LogP contribution in [0.3, 0.4) is 0 Å². The summed E-state index contributed by atoms with van der Waals surface area (Å²) in [6.45, 7) is 3.86. The van der Waals surface area contributed by atoms with Gasteiger partial charge in [0, 0.05) is 29.2 Å². The number of carbonyl (C=O) groups excluding carboxylic acids is 2. The average molecular weight is 430 g/mol. The van der Waals surface area contributed by atoms with Crippen LogP contribution in [-0.2, 0) is 4.79 Å². The first-order valence-corrected chi connectivity index (χ1v) is 11.5. The van der Waals surface area contributed by atoms with Gasteiger partial charge in [-0.05, 0) is 44.9 Å². The molecule has 0 unspecified atom stereocenters. The van der Waals surface area contributed by atoms with Crippen molar-refractivity contribution in [2.45, 2.75) is 62.9 Å². The molecule has 2 fully saturated rings. The van der Waals surface area contributed by atoms with Gasteiger partial charge in [-0.2, -0.15) is 11.8 Å². The van der Waals surface area contributed by atoms with Gasteiger partial charge >= 0.3 is 6.03 Å². The van der Waals surface area contributed by atoms with Crippen molar-refractivity contribution in [1.82, 2.24) is 20.2 Å². The molecule has 2 saturated heterocycles. The molecule has 0 saturated carbocycles. The van der Waals surface area contributed by atoms with Crippen molar-refractivity contribution in [3.05, 3.63) is 34.9 Å². The summed E-state index contributed by atoms with van der Waals surface area (Å²) in [6, 6.07) is 5.63. The number of unbranched alkanes of at least 4 members (excludes halogenated alkanes) is 1. The van der Waals surface area contributed by atoms with E-state index in [9.17, 15) is 14.4 Å². The molecule has 3 N–H and O–H groups in total. The zero-order valence-electron chi connectivity index (χ0n) is 17.2. The van der Waals surface area contributed by atoms with E-state index in [1.165, 1.54) is 0 Å². The van der Waals surface area contributed by atoms with Crippen LogP contribution in [-0.4, -0.2) is 44.6 Å². The normalized spacial score (nSPS) is 22.8. The summed E-state index contributed by atoms with van der Waals surface area (Å²) in [5.74, 6) is 0.888. The summed E-state index contributed by atoms with van der Waals surface area (Å²) in [5, 5.41) is 9.75. The van der Waals surface area contributed by atoms with Crippen LogP contribution in [0.5, 0.6) is 0 Å². The molecule has 0 aliphatic carbocycles. The Morgan fingerprint density at radius 2 is 2.13 bits per heavy atom. The number of thioether (sulfide) groups is 1. The van der Waals surface area contributed by atoms with Crippen molar-refractivity contribution < 1.29 is 9.59 Å². The monoisotopic (exact) mass is 429 g/mol. The van der Waals surface area contributed by atoms with Gasteiger partial charge in [-0.1, -0.05) is 6.42 Å². The van der Waals surface area contributed by atoms with E-state index in [0.29, 0.717) is 28.3 Å². The quantitative estimate of drug-likeness (QED) is 0.464. The van der Waals surface area contributed by atoms with Gasteiger partial charge < -0.3 is 16.0 Å². The molecule has 0 spiro atoms. The van der Waals surface area contributed by atoms with Crippen LogP contribution in [0, 0.1) is 0 Å². The Balaban J connectivity index is 1.29. The molecule has 1 aromatic carbocycles. The first kappa shape index (κ1) is 20.7. The molecule has 0 radical (unpaired) electrons. The second-order valence-corrected chi connectivity index (χ2v) is 9.47. The summed E-state index contributed by atoms with van der Waals surface area (Å²) in [7, 11) is 0. The maximum Gasteiger partial charge on any atom is 0.315 e. The third-order valence-electron chi connectivity index (χ3n) is 5.70. The number of urea groups is 1. The Morgan fingerprint density at radius 3 is 2.93 bits per heavy atom. The van der Waals surface area contributed by atoms with Crippen molar-refractivity contribution in [3.63, 3.8) is 0 Å². The number of amides is 3. The van der Waals surface area contributed by atoms with Gasteiger partial charge in [0.15, 0.2) is 0 Å². The van der Waals surface area contributed by atoms with E-state index in [2.05, 4.69) is 20.9 Å². The first-order chi connectivity index (χ1) is 14.4. The van der Waals surface area contributed by atoms with Crippen LogP contribution in [0.25, 0.3) is 10.9 Å². The number of nitrogens with zero attached hydrogens (tertiary/aromatic N) is 2. The summed E-state index contributed by atoms with van der Waals surface area (Å²) in [5.41, 5.74) is 1.13. The molecular weight excluding hydrogens is 402 g/mol. The molecule has 30 heavy (non-hydrogen) atoms. The molecule has 4 rings (SSSR count). The summed E-state index contributed by atoms with van der Waals surface area (Å²) in [6.07, 6.45) is 4.70. The Morgan fingerprint density at radius 1 is 1.30 bits per heavy atom. The third-order valence-corrected chi connectivity index (χ3v) is 7.21. The molecule has 3 amide bonds. The van der Waals surface area contributed by atoms with E-state index in [1.807, 2.05) is 25.6 Å². The minimum atomic E-state index is -0.105.